The molecule has 1 fully saturated rings. The van der Waals surface area contributed by atoms with Gasteiger partial charge >= 0.3 is 5.97 Å². The fraction of sp³-hybridized carbons (Fsp3) is 0.667. The predicted molar refractivity (Wildman–Crippen MR) is 125 cm³/mol. The first kappa shape index (κ1) is 28.4. The summed E-state index contributed by atoms with van der Waals surface area (Å²) in [5.74, 6) is -1.37. The maximum absolute atomic E-state index is 12.2. The lowest BCUT2D eigenvalue weighted by Crippen LogP contribution is -2.64. The molecule has 2 unspecified atom stereocenters. The maximum Gasteiger partial charge on any atom is 0.307 e. The van der Waals surface area contributed by atoms with Crippen LogP contribution >= 0.6 is 0 Å². The van der Waals surface area contributed by atoms with Crippen molar-refractivity contribution in [1.82, 2.24) is 15.5 Å². The van der Waals surface area contributed by atoms with Crippen molar-refractivity contribution in [2.75, 3.05) is 32.8 Å². The van der Waals surface area contributed by atoms with Crippen molar-refractivity contribution in [3.63, 3.8) is 0 Å². The van der Waals surface area contributed by atoms with Crippen molar-refractivity contribution < 1.29 is 28.7 Å². The van der Waals surface area contributed by atoms with E-state index in [1.54, 1.807) is 0 Å². The second kappa shape index (κ2) is 17.8. The number of allylic oxidation sites excluding steroid dienone is 4. The summed E-state index contributed by atoms with van der Waals surface area (Å²) in [7, 11) is 0. The van der Waals surface area contributed by atoms with E-state index >= 15 is 0 Å². The van der Waals surface area contributed by atoms with E-state index in [1.807, 2.05) is 13.8 Å². The molecule has 0 aromatic carbocycles. The molecule has 0 aromatic rings. The Labute approximate surface area is 196 Å². The Morgan fingerprint density at radius 3 is 1.94 bits per heavy atom. The van der Waals surface area contributed by atoms with Gasteiger partial charge in [0.25, 0.3) is 6.47 Å². The van der Waals surface area contributed by atoms with E-state index in [4.69, 9.17) is 4.74 Å². The van der Waals surface area contributed by atoms with Crippen LogP contribution in [-0.2, 0) is 28.7 Å². The molecule has 1 heterocycles. The summed E-state index contributed by atoms with van der Waals surface area (Å²) in [6.45, 7) is 6.23. The van der Waals surface area contributed by atoms with Gasteiger partial charge in [-0.3, -0.25) is 19.2 Å². The standard InChI is InChI=1S/C24H39N3O6/c1-3-5-7-9-11-14-27(15-12-10-8-6-4-2)16-13-22(29)33-18-21-24(31)25-20(17-32-19-28)23(30)26-21/h3-6,19-21H,7-18H2,1-2H3,(H,25,31)(H,26,30)/b5-3-,6-4-. The number of piperazine rings is 1. The second-order valence-electron chi connectivity index (χ2n) is 7.96. The Kier molecular flexibility index (Phi) is 15.3. The number of nitrogens with one attached hydrogen (secondary N) is 2. The van der Waals surface area contributed by atoms with Crippen LogP contribution in [0.5, 0.6) is 0 Å². The van der Waals surface area contributed by atoms with E-state index in [1.165, 1.54) is 0 Å². The summed E-state index contributed by atoms with van der Waals surface area (Å²) in [5.41, 5.74) is 0. The number of hydrogen-bond acceptors (Lipinski definition) is 7. The summed E-state index contributed by atoms with van der Waals surface area (Å²) >= 11 is 0. The summed E-state index contributed by atoms with van der Waals surface area (Å²) in [6.07, 6.45) is 15.1. The molecule has 0 aliphatic carbocycles. The Morgan fingerprint density at radius 1 is 0.879 bits per heavy atom. The number of amides is 2. The number of nitrogens with zero attached hydrogens (tertiary/aromatic N) is 1. The zero-order valence-electron chi connectivity index (χ0n) is 19.9. The largest absolute Gasteiger partial charge is 0.465 e. The normalized spacial score (nSPS) is 18.5. The maximum atomic E-state index is 12.2. The number of rotatable bonds is 18. The summed E-state index contributed by atoms with van der Waals surface area (Å²) < 4.78 is 9.76. The van der Waals surface area contributed by atoms with E-state index in [0.29, 0.717) is 6.54 Å². The molecule has 1 rings (SSSR count). The van der Waals surface area contributed by atoms with Crippen LogP contribution in [-0.4, -0.2) is 74.1 Å². The van der Waals surface area contributed by atoms with Gasteiger partial charge in [-0.05, 0) is 65.5 Å². The van der Waals surface area contributed by atoms with Gasteiger partial charge < -0.3 is 25.0 Å². The minimum Gasteiger partial charge on any atom is -0.465 e. The second-order valence-corrected chi connectivity index (χ2v) is 7.96. The van der Waals surface area contributed by atoms with Gasteiger partial charge in [-0.15, -0.1) is 0 Å². The first-order valence-electron chi connectivity index (χ1n) is 11.8. The number of ether oxygens (including phenoxy) is 2. The number of hydrogen-bond donors (Lipinski definition) is 2. The lowest BCUT2D eigenvalue weighted by molar-refractivity contribution is -0.149. The van der Waals surface area contributed by atoms with Crippen molar-refractivity contribution >= 4 is 24.3 Å². The highest BCUT2D eigenvalue weighted by Gasteiger charge is 2.34. The van der Waals surface area contributed by atoms with E-state index in [-0.39, 0.29) is 26.1 Å². The van der Waals surface area contributed by atoms with E-state index in [0.717, 1.165) is 51.6 Å². The molecule has 2 atom stereocenters. The Bertz CT molecular complexity index is 645. The number of carbonyl (C=O) groups is 4. The summed E-state index contributed by atoms with van der Waals surface area (Å²) in [4.78, 5) is 48.9. The van der Waals surface area contributed by atoms with Crippen molar-refractivity contribution in [3.05, 3.63) is 24.3 Å². The van der Waals surface area contributed by atoms with Gasteiger partial charge in [0.2, 0.25) is 11.8 Å². The van der Waals surface area contributed by atoms with Crippen molar-refractivity contribution in [1.29, 1.82) is 0 Å². The first-order chi connectivity index (χ1) is 16.0. The van der Waals surface area contributed by atoms with Crippen LogP contribution in [0.15, 0.2) is 24.3 Å². The van der Waals surface area contributed by atoms with Crippen LogP contribution in [0, 0.1) is 0 Å². The highest BCUT2D eigenvalue weighted by Crippen LogP contribution is 2.06. The number of esters is 1. The number of carbonyl (C=O) groups excluding carboxylic acids is 4. The van der Waals surface area contributed by atoms with E-state index in [9.17, 15) is 19.2 Å². The average molecular weight is 466 g/mol. The van der Waals surface area contributed by atoms with Gasteiger partial charge in [-0.25, -0.2) is 0 Å². The van der Waals surface area contributed by atoms with Gasteiger partial charge in [-0.2, -0.15) is 0 Å². The fourth-order valence-electron chi connectivity index (χ4n) is 3.41. The highest BCUT2D eigenvalue weighted by atomic mass is 16.5. The van der Waals surface area contributed by atoms with E-state index in [2.05, 4.69) is 44.6 Å². The molecule has 0 spiro atoms. The zero-order valence-corrected chi connectivity index (χ0v) is 19.9. The van der Waals surface area contributed by atoms with Gasteiger partial charge in [-0.1, -0.05) is 24.3 Å². The first-order valence-corrected chi connectivity index (χ1v) is 11.8. The molecule has 0 aromatic heterocycles. The third-order valence-corrected chi connectivity index (χ3v) is 5.30. The molecule has 0 bridgehead atoms. The van der Waals surface area contributed by atoms with Crippen LogP contribution in [0.1, 0.15) is 58.8 Å². The third-order valence-electron chi connectivity index (χ3n) is 5.30. The minimum atomic E-state index is -0.955. The van der Waals surface area contributed by atoms with Gasteiger partial charge in [0, 0.05) is 6.54 Å². The molecular formula is C24H39N3O6. The molecule has 186 valence electrons. The predicted octanol–water partition coefficient (Wildman–Crippen LogP) is 1.87. The van der Waals surface area contributed by atoms with Crippen molar-refractivity contribution in [3.8, 4) is 0 Å². The van der Waals surface area contributed by atoms with Crippen LogP contribution in [0.25, 0.3) is 0 Å². The summed E-state index contributed by atoms with van der Waals surface area (Å²) in [5, 5.41) is 4.95. The lowest BCUT2D eigenvalue weighted by atomic mass is 10.1. The van der Waals surface area contributed by atoms with Crippen LogP contribution in [0.4, 0.5) is 0 Å². The van der Waals surface area contributed by atoms with Crippen LogP contribution in [0.2, 0.25) is 0 Å². The third kappa shape index (κ3) is 12.8. The molecular weight excluding hydrogens is 426 g/mol. The molecule has 33 heavy (non-hydrogen) atoms. The molecule has 1 saturated heterocycles. The molecule has 2 amide bonds. The van der Waals surface area contributed by atoms with Gasteiger partial charge in [0.15, 0.2) is 0 Å². The summed E-state index contributed by atoms with van der Waals surface area (Å²) in [6, 6.07) is -1.90. The quantitative estimate of drug-likeness (QED) is 0.137. The molecule has 0 saturated carbocycles. The number of unbranched alkanes of at least 4 members (excludes halogenated alkanes) is 4. The SMILES string of the molecule is C/C=C\CCCCN(CCCC/C=C\C)CCC(=O)OCC1NC(=O)C(COC=O)NC1=O. The lowest BCUT2D eigenvalue weighted by Gasteiger charge is -2.28. The van der Waals surface area contributed by atoms with Crippen LogP contribution in [0.3, 0.4) is 0 Å². The zero-order chi connectivity index (χ0) is 24.3. The van der Waals surface area contributed by atoms with Crippen LogP contribution < -0.4 is 10.6 Å². The molecule has 1 aliphatic heterocycles. The molecule has 9 heteroatoms. The average Bonchev–Trinajstić information content (AvgIpc) is 2.80. The molecule has 0 radical (unpaired) electrons. The highest BCUT2D eigenvalue weighted by molar-refractivity contribution is 5.97. The smallest absolute Gasteiger partial charge is 0.307 e. The van der Waals surface area contributed by atoms with E-state index < -0.39 is 29.9 Å². The Hall–Kier alpha value is -2.68. The molecule has 9 nitrogen and oxygen atoms in total. The van der Waals surface area contributed by atoms with Crippen molar-refractivity contribution in [2.24, 2.45) is 0 Å². The Morgan fingerprint density at radius 2 is 1.42 bits per heavy atom. The molecule has 2 N–H and O–H groups in total. The topological polar surface area (TPSA) is 114 Å². The minimum absolute atomic E-state index is 0.209. The van der Waals surface area contributed by atoms with Gasteiger partial charge in [0.05, 0.1) is 6.42 Å². The monoisotopic (exact) mass is 465 g/mol. The fourth-order valence-corrected chi connectivity index (χ4v) is 3.41. The molecule has 1 aliphatic rings. The Balaban J connectivity index is 2.39. The van der Waals surface area contributed by atoms with Crippen molar-refractivity contribution in [2.45, 2.75) is 70.9 Å². The van der Waals surface area contributed by atoms with Gasteiger partial charge in [0.1, 0.15) is 25.3 Å².